The Balaban J connectivity index is 1.84. The van der Waals surface area contributed by atoms with Crippen molar-refractivity contribution in [3.8, 4) is 0 Å². The molecule has 0 aliphatic carbocycles. The molecular formula is C14H20ClNO2. The fourth-order valence-corrected chi connectivity index (χ4v) is 2.44. The lowest BCUT2D eigenvalue weighted by Gasteiger charge is -2.32. The Morgan fingerprint density at radius 2 is 2.11 bits per heavy atom. The van der Waals surface area contributed by atoms with Gasteiger partial charge >= 0.3 is 0 Å². The van der Waals surface area contributed by atoms with Crippen molar-refractivity contribution in [2.75, 3.05) is 19.8 Å². The van der Waals surface area contributed by atoms with Crippen LogP contribution in [0.15, 0.2) is 18.2 Å². The average Bonchev–Trinajstić information content (AvgIpc) is 2.33. The van der Waals surface area contributed by atoms with Gasteiger partial charge in [-0.2, -0.15) is 0 Å². The van der Waals surface area contributed by atoms with Gasteiger partial charge in [0.1, 0.15) is 0 Å². The zero-order valence-electron chi connectivity index (χ0n) is 10.7. The highest BCUT2D eigenvalue weighted by atomic mass is 35.5. The molecule has 0 bridgehead atoms. The number of hydrogen-bond donors (Lipinski definition) is 2. The Bertz CT molecular complexity index is 403. The summed E-state index contributed by atoms with van der Waals surface area (Å²) in [5.74, 6) is 0. The Labute approximate surface area is 113 Å². The first-order chi connectivity index (χ1) is 8.59. The molecule has 0 unspecified atom stereocenters. The Morgan fingerprint density at radius 3 is 2.78 bits per heavy atom. The van der Waals surface area contributed by atoms with E-state index in [0.717, 1.165) is 11.6 Å². The number of benzene rings is 1. The van der Waals surface area contributed by atoms with Gasteiger partial charge < -0.3 is 15.2 Å². The standard InChI is InChI=1S/C14H20ClNO2/c1-11-8-13(15)3-2-12(11)9-16-10-14(17)4-6-18-7-5-14/h2-3,8,16-17H,4-7,9-10H2,1H3. The van der Waals surface area contributed by atoms with E-state index in [2.05, 4.69) is 5.32 Å². The van der Waals surface area contributed by atoms with Gasteiger partial charge in [-0.3, -0.25) is 0 Å². The molecule has 1 heterocycles. The fourth-order valence-electron chi connectivity index (χ4n) is 2.22. The van der Waals surface area contributed by atoms with Gasteiger partial charge in [0.05, 0.1) is 5.60 Å². The molecule has 2 rings (SSSR count). The van der Waals surface area contributed by atoms with Crippen molar-refractivity contribution in [3.63, 3.8) is 0 Å². The largest absolute Gasteiger partial charge is 0.388 e. The van der Waals surface area contributed by atoms with Gasteiger partial charge in [0, 0.05) is 44.2 Å². The van der Waals surface area contributed by atoms with E-state index >= 15 is 0 Å². The van der Waals surface area contributed by atoms with E-state index in [1.54, 1.807) is 0 Å². The van der Waals surface area contributed by atoms with Crippen LogP contribution in [0.3, 0.4) is 0 Å². The van der Waals surface area contributed by atoms with Crippen LogP contribution in [-0.4, -0.2) is 30.5 Å². The summed E-state index contributed by atoms with van der Waals surface area (Å²) in [4.78, 5) is 0. The molecule has 1 fully saturated rings. The summed E-state index contributed by atoms with van der Waals surface area (Å²) in [5.41, 5.74) is 1.78. The van der Waals surface area contributed by atoms with Crippen LogP contribution >= 0.6 is 11.6 Å². The first-order valence-corrected chi connectivity index (χ1v) is 6.73. The van der Waals surface area contributed by atoms with Gasteiger partial charge in [-0.05, 0) is 30.2 Å². The van der Waals surface area contributed by atoms with Gasteiger partial charge in [-0.25, -0.2) is 0 Å². The summed E-state index contributed by atoms with van der Waals surface area (Å²) in [6.45, 7) is 4.72. The molecule has 0 radical (unpaired) electrons. The monoisotopic (exact) mass is 269 g/mol. The van der Waals surface area contributed by atoms with E-state index in [0.29, 0.717) is 32.6 Å². The van der Waals surface area contributed by atoms with Gasteiger partial charge in [-0.15, -0.1) is 0 Å². The molecule has 0 amide bonds. The topological polar surface area (TPSA) is 41.5 Å². The van der Waals surface area contributed by atoms with Crippen molar-refractivity contribution in [1.82, 2.24) is 5.32 Å². The summed E-state index contributed by atoms with van der Waals surface area (Å²) in [7, 11) is 0. The van der Waals surface area contributed by atoms with Crippen LogP contribution in [0, 0.1) is 6.92 Å². The van der Waals surface area contributed by atoms with E-state index in [1.807, 2.05) is 25.1 Å². The summed E-state index contributed by atoms with van der Waals surface area (Å²) in [5, 5.41) is 14.4. The molecule has 0 spiro atoms. The van der Waals surface area contributed by atoms with Crippen LogP contribution in [0.4, 0.5) is 0 Å². The van der Waals surface area contributed by atoms with Gasteiger partial charge in [-0.1, -0.05) is 17.7 Å². The van der Waals surface area contributed by atoms with Crippen LogP contribution < -0.4 is 5.32 Å². The zero-order chi connectivity index (χ0) is 13.0. The second-order valence-corrected chi connectivity index (χ2v) is 5.45. The molecule has 1 saturated heterocycles. The van der Waals surface area contributed by atoms with Crippen LogP contribution in [0.25, 0.3) is 0 Å². The SMILES string of the molecule is Cc1cc(Cl)ccc1CNCC1(O)CCOCC1. The molecular weight excluding hydrogens is 250 g/mol. The van der Waals surface area contributed by atoms with Crippen LogP contribution in [0.1, 0.15) is 24.0 Å². The second-order valence-electron chi connectivity index (χ2n) is 5.01. The molecule has 0 aromatic heterocycles. The smallest absolute Gasteiger partial charge is 0.0815 e. The van der Waals surface area contributed by atoms with Crippen molar-refractivity contribution in [3.05, 3.63) is 34.3 Å². The number of halogens is 1. The molecule has 4 heteroatoms. The number of aryl methyl sites for hydroxylation is 1. The number of rotatable bonds is 4. The molecule has 18 heavy (non-hydrogen) atoms. The number of aliphatic hydroxyl groups is 1. The minimum atomic E-state index is -0.613. The molecule has 1 aliphatic rings. The first-order valence-electron chi connectivity index (χ1n) is 6.35. The van der Waals surface area contributed by atoms with Crippen molar-refractivity contribution >= 4 is 11.6 Å². The normalized spacial score (nSPS) is 18.8. The van der Waals surface area contributed by atoms with Crippen LogP contribution in [-0.2, 0) is 11.3 Å². The zero-order valence-corrected chi connectivity index (χ0v) is 11.5. The molecule has 1 aromatic carbocycles. The molecule has 2 N–H and O–H groups in total. The van der Waals surface area contributed by atoms with Crippen LogP contribution in [0.5, 0.6) is 0 Å². The average molecular weight is 270 g/mol. The summed E-state index contributed by atoms with van der Waals surface area (Å²) < 4.78 is 5.26. The fraction of sp³-hybridized carbons (Fsp3) is 0.571. The molecule has 1 aromatic rings. The summed E-state index contributed by atoms with van der Waals surface area (Å²) in [6.07, 6.45) is 1.42. The Morgan fingerprint density at radius 1 is 1.39 bits per heavy atom. The lowest BCUT2D eigenvalue weighted by Crippen LogP contribution is -2.44. The number of hydrogen-bond acceptors (Lipinski definition) is 3. The predicted molar refractivity (Wildman–Crippen MR) is 72.9 cm³/mol. The van der Waals surface area contributed by atoms with Gasteiger partial charge in [0.25, 0.3) is 0 Å². The van der Waals surface area contributed by atoms with Crippen molar-refractivity contribution < 1.29 is 9.84 Å². The first kappa shape index (κ1) is 13.8. The van der Waals surface area contributed by atoms with E-state index in [-0.39, 0.29) is 0 Å². The summed E-state index contributed by atoms with van der Waals surface area (Å²) in [6, 6.07) is 5.88. The minimum absolute atomic E-state index is 0.610. The van der Waals surface area contributed by atoms with Gasteiger partial charge in [0.15, 0.2) is 0 Å². The molecule has 3 nitrogen and oxygen atoms in total. The maximum Gasteiger partial charge on any atom is 0.0815 e. The lowest BCUT2D eigenvalue weighted by atomic mass is 9.94. The van der Waals surface area contributed by atoms with Crippen molar-refractivity contribution in [2.45, 2.75) is 31.9 Å². The van der Waals surface area contributed by atoms with E-state index in [4.69, 9.17) is 16.3 Å². The van der Waals surface area contributed by atoms with Gasteiger partial charge in [0.2, 0.25) is 0 Å². The third kappa shape index (κ3) is 3.69. The third-order valence-corrected chi connectivity index (χ3v) is 3.73. The van der Waals surface area contributed by atoms with Crippen LogP contribution in [0.2, 0.25) is 5.02 Å². The molecule has 1 aliphatic heterocycles. The highest BCUT2D eigenvalue weighted by molar-refractivity contribution is 6.30. The Kier molecular flexibility index (Phi) is 4.62. The highest BCUT2D eigenvalue weighted by Gasteiger charge is 2.29. The predicted octanol–water partition coefficient (Wildman–Crippen LogP) is 2.28. The quantitative estimate of drug-likeness (QED) is 0.881. The summed E-state index contributed by atoms with van der Waals surface area (Å²) >= 11 is 5.92. The molecule has 0 saturated carbocycles. The number of ether oxygens (including phenoxy) is 1. The number of nitrogens with one attached hydrogen (secondary N) is 1. The molecule has 100 valence electrons. The minimum Gasteiger partial charge on any atom is -0.388 e. The third-order valence-electron chi connectivity index (χ3n) is 3.50. The molecule has 0 atom stereocenters. The highest BCUT2D eigenvalue weighted by Crippen LogP contribution is 2.20. The van der Waals surface area contributed by atoms with Crippen molar-refractivity contribution in [2.24, 2.45) is 0 Å². The second kappa shape index (κ2) is 6.02. The van der Waals surface area contributed by atoms with E-state index < -0.39 is 5.60 Å². The van der Waals surface area contributed by atoms with E-state index in [9.17, 15) is 5.11 Å². The van der Waals surface area contributed by atoms with Crippen molar-refractivity contribution in [1.29, 1.82) is 0 Å². The maximum atomic E-state index is 10.3. The Hall–Kier alpha value is -0.610. The van der Waals surface area contributed by atoms with E-state index in [1.165, 1.54) is 11.1 Å². The maximum absolute atomic E-state index is 10.3. The lowest BCUT2D eigenvalue weighted by molar-refractivity contribution is -0.0617.